The highest BCUT2D eigenvalue weighted by Gasteiger charge is 2.16. The minimum Gasteiger partial charge on any atom is -0.354 e. The van der Waals surface area contributed by atoms with Crippen molar-refractivity contribution in [1.82, 2.24) is 15.5 Å². The fourth-order valence-corrected chi connectivity index (χ4v) is 2.64. The number of benzene rings is 1. The molecule has 1 heterocycles. The number of carbonyl (C=O) groups excluding carboxylic acids is 2. The minimum absolute atomic E-state index is 0.00545. The summed E-state index contributed by atoms with van der Waals surface area (Å²) in [7, 11) is 0. The Bertz CT molecular complexity index is 484. The Hall–Kier alpha value is -1.88. The predicted molar refractivity (Wildman–Crippen MR) is 86.2 cm³/mol. The Morgan fingerprint density at radius 1 is 1.32 bits per heavy atom. The molecule has 1 aromatic rings. The van der Waals surface area contributed by atoms with Crippen LogP contribution in [-0.2, 0) is 16.1 Å². The number of rotatable bonds is 7. The molecule has 1 fully saturated rings. The van der Waals surface area contributed by atoms with Crippen LogP contribution >= 0.6 is 0 Å². The number of nitrogens with zero attached hydrogens (tertiary/aromatic N) is 1. The van der Waals surface area contributed by atoms with Crippen molar-refractivity contribution < 1.29 is 9.59 Å². The highest BCUT2D eigenvalue weighted by molar-refractivity contribution is 5.78. The molecule has 5 heteroatoms. The molecule has 0 spiro atoms. The number of carbonyl (C=O) groups is 2. The molecule has 0 radical (unpaired) electrons. The van der Waals surface area contributed by atoms with Crippen molar-refractivity contribution in [3.8, 4) is 0 Å². The van der Waals surface area contributed by atoms with E-state index < -0.39 is 0 Å². The van der Waals surface area contributed by atoms with Gasteiger partial charge in [-0.15, -0.1) is 0 Å². The van der Waals surface area contributed by atoms with Gasteiger partial charge in [-0.3, -0.25) is 9.59 Å². The van der Waals surface area contributed by atoms with Gasteiger partial charge in [-0.2, -0.15) is 0 Å². The van der Waals surface area contributed by atoms with Crippen molar-refractivity contribution in [2.24, 2.45) is 0 Å². The average Bonchev–Trinajstić information content (AvgIpc) is 3.03. The lowest BCUT2D eigenvalue weighted by atomic mass is 10.2. The summed E-state index contributed by atoms with van der Waals surface area (Å²) in [5, 5.41) is 6.29. The molecule has 0 aromatic heterocycles. The third-order valence-corrected chi connectivity index (χ3v) is 3.98. The van der Waals surface area contributed by atoms with Crippen molar-refractivity contribution in [2.45, 2.75) is 38.8 Å². The fourth-order valence-electron chi connectivity index (χ4n) is 2.64. The normalized spacial score (nSPS) is 17.2. The van der Waals surface area contributed by atoms with Crippen molar-refractivity contribution in [3.05, 3.63) is 35.9 Å². The first-order chi connectivity index (χ1) is 10.6. The van der Waals surface area contributed by atoms with Gasteiger partial charge in [0, 0.05) is 39.0 Å². The summed E-state index contributed by atoms with van der Waals surface area (Å²) in [6.45, 7) is 4.26. The first-order valence-corrected chi connectivity index (χ1v) is 7.94. The molecule has 0 saturated carbocycles. The smallest absolute Gasteiger partial charge is 0.221 e. The summed E-state index contributed by atoms with van der Waals surface area (Å²) in [5.41, 5.74) is 1.08. The van der Waals surface area contributed by atoms with Gasteiger partial charge in [-0.1, -0.05) is 30.3 Å². The largest absolute Gasteiger partial charge is 0.354 e. The van der Waals surface area contributed by atoms with Crippen LogP contribution in [0.4, 0.5) is 0 Å². The molecule has 1 aliphatic heterocycles. The summed E-state index contributed by atoms with van der Waals surface area (Å²) in [5.74, 6) is 0.00197. The highest BCUT2D eigenvalue weighted by atomic mass is 16.2. The molecule has 1 unspecified atom stereocenters. The van der Waals surface area contributed by atoms with Crippen LogP contribution in [0, 0.1) is 0 Å². The number of hydrogen-bond donors (Lipinski definition) is 2. The van der Waals surface area contributed by atoms with Gasteiger partial charge in [0.05, 0.1) is 0 Å². The molecule has 0 bridgehead atoms. The second-order valence-electron chi connectivity index (χ2n) is 5.77. The van der Waals surface area contributed by atoms with E-state index in [9.17, 15) is 9.59 Å². The van der Waals surface area contributed by atoms with Gasteiger partial charge in [-0.25, -0.2) is 0 Å². The van der Waals surface area contributed by atoms with E-state index in [-0.39, 0.29) is 11.8 Å². The van der Waals surface area contributed by atoms with Crippen LogP contribution < -0.4 is 10.6 Å². The third kappa shape index (κ3) is 5.48. The van der Waals surface area contributed by atoms with Gasteiger partial charge < -0.3 is 15.5 Å². The fraction of sp³-hybridized carbons (Fsp3) is 0.529. The standard InChI is InChI=1S/C17H25N3O2/c1-14(21)20(13-15-6-3-2-4-7-15)11-9-17(22)19-12-16-8-5-10-18-16/h2-4,6-7,16,18H,5,8-13H2,1H3,(H,19,22). The van der Waals surface area contributed by atoms with Gasteiger partial charge in [0.15, 0.2) is 0 Å². The maximum atomic E-state index is 11.9. The lowest BCUT2D eigenvalue weighted by Crippen LogP contribution is -2.39. The Morgan fingerprint density at radius 2 is 2.09 bits per heavy atom. The SMILES string of the molecule is CC(=O)N(CCC(=O)NCC1CCCN1)Cc1ccccc1. The van der Waals surface area contributed by atoms with Gasteiger partial charge in [0.1, 0.15) is 0 Å². The highest BCUT2D eigenvalue weighted by Crippen LogP contribution is 2.06. The molecular weight excluding hydrogens is 278 g/mol. The number of amides is 2. The second kappa shape index (κ2) is 8.54. The molecular formula is C17H25N3O2. The molecule has 1 aliphatic rings. The van der Waals surface area contributed by atoms with E-state index >= 15 is 0 Å². The molecule has 120 valence electrons. The summed E-state index contributed by atoms with van der Waals surface area (Å²) < 4.78 is 0. The van der Waals surface area contributed by atoms with Gasteiger partial charge in [0.2, 0.25) is 11.8 Å². The molecule has 5 nitrogen and oxygen atoms in total. The molecule has 0 aliphatic carbocycles. The second-order valence-corrected chi connectivity index (χ2v) is 5.77. The molecule has 1 aromatic carbocycles. The maximum Gasteiger partial charge on any atom is 0.221 e. The van der Waals surface area contributed by atoms with E-state index in [0.29, 0.717) is 32.1 Å². The van der Waals surface area contributed by atoms with Crippen LogP contribution in [0.5, 0.6) is 0 Å². The van der Waals surface area contributed by atoms with E-state index in [2.05, 4.69) is 10.6 Å². The molecule has 1 saturated heterocycles. The summed E-state index contributed by atoms with van der Waals surface area (Å²) in [6.07, 6.45) is 2.64. The lowest BCUT2D eigenvalue weighted by Gasteiger charge is -2.21. The van der Waals surface area contributed by atoms with Crippen LogP contribution in [0.1, 0.15) is 31.7 Å². The molecule has 2 rings (SSSR count). The van der Waals surface area contributed by atoms with Gasteiger partial charge in [0.25, 0.3) is 0 Å². The summed E-state index contributed by atoms with van der Waals surface area (Å²) in [6, 6.07) is 10.2. The maximum absolute atomic E-state index is 11.9. The molecule has 2 N–H and O–H groups in total. The van der Waals surface area contributed by atoms with Crippen molar-refractivity contribution >= 4 is 11.8 Å². The van der Waals surface area contributed by atoms with Crippen LogP contribution in [0.15, 0.2) is 30.3 Å². The van der Waals surface area contributed by atoms with Crippen molar-refractivity contribution in [1.29, 1.82) is 0 Å². The topological polar surface area (TPSA) is 61.4 Å². The Labute approximate surface area is 132 Å². The van der Waals surface area contributed by atoms with E-state index in [1.54, 1.807) is 11.8 Å². The van der Waals surface area contributed by atoms with E-state index in [1.165, 1.54) is 6.42 Å². The monoisotopic (exact) mass is 303 g/mol. The van der Waals surface area contributed by atoms with Crippen LogP contribution in [0.3, 0.4) is 0 Å². The van der Waals surface area contributed by atoms with E-state index in [0.717, 1.165) is 18.5 Å². The Kier molecular flexibility index (Phi) is 6.40. The number of nitrogens with one attached hydrogen (secondary N) is 2. The molecule has 1 atom stereocenters. The van der Waals surface area contributed by atoms with Crippen LogP contribution in [0.2, 0.25) is 0 Å². The zero-order valence-electron chi connectivity index (χ0n) is 13.2. The first kappa shape index (κ1) is 16.5. The Morgan fingerprint density at radius 3 is 2.73 bits per heavy atom. The van der Waals surface area contributed by atoms with E-state index in [4.69, 9.17) is 0 Å². The molecule has 22 heavy (non-hydrogen) atoms. The van der Waals surface area contributed by atoms with Crippen LogP contribution in [0.25, 0.3) is 0 Å². The lowest BCUT2D eigenvalue weighted by molar-refractivity contribution is -0.130. The summed E-state index contributed by atoms with van der Waals surface area (Å²) >= 11 is 0. The van der Waals surface area contributed by atoms with Gasteiger partial charge in [-0.05, 0) is 24.9 Å². The quantitative estimate of drug-likeness (QED) is 0.798. The van der Waals surface area contributed by atoms with Gasteiger partial charge >= 0.3 is 0 Å². The van der Waals surface area contributed by atoms with Crippen molar-refractivity contribution in [3.63, 3.8) is 0 Å². The van der Waals surface area contributed by atoms with E-state index in [1.807, 2.05) is 30.3 Å². The van der Waals surface area contributed by atoms with Crippen molar-refractivity contribution in [2.75, 3.05) is 19.6 Å². The summed E-state index contributed by atoms with van der Waals surface area (Å²) in [4.78, 5) is 25.3. The number of hydrogen-bond acceptors (Lipinski definition) is 3. The Balaban J connectivity index is 1.73. The average molecular weight is 303 g/mol. The first-order valence-electron chi connectivity index (χ1n) is 7.94. The minimum atomic E-state index is -0.00545. The predicted octanol–water partition coefficient (Wildman–Crippen LogP) is 1.29. The van der Waals surface area contributed by atoms with Crippen LogP contribution in [-0.4, -0.2) is 42.4 Å². The molecule has 2 amide bonds. The zero-order valence-corrected chi connectivity index (χ0v) is 13.2. The zero-order chi connectivity index (χ0) is 15.8. The third-order valence-electron chi connectivity index (χ3n) is 3.98.